The third-order valence-electron chi connectivity index (χ3n) is 5.57. The number of piperidine rings is 1. The minimum atomic E-state index is -0.483. The van der Waals surface area contributed by atoms with Gasteiger partial charge in [0, 0.05) is 24.8 Å². The third-order valence-corrected chi connectivity index (χ3v) is 7.61. The summed E-state index contributed by atoms with van der Waals surface area (Å²) in [5.74, 6) is 0.322. The minimum absolute atomic E-state index is 0.0534. The molecule has 1 aliphatic heterocycles. The molecule has 13 heteroatoms. The molecule has 3 aromatic heterocycles. The van der Waals surface area contributed by atoms with E-state index in [1.807, 2.05) is 0 Å². The van der Waals surface area contributed by atoms with Gasteiger partial charge in [-0.1, -0.05) is 41.5 Å². The molecule has 33 heavy (non-hydrogen) atoms. The summed E-state index contributed by atoms with van der Waals surface area (Å²) in [6.45, 7) is 6.88. The zero-order valence-electron chi connectivity index (χ0n) is 18.5. The highest BCUT2D eigenvalue weighted by atomic mass is 35.5. The van der Waals surface area contributed by atoms with Crippen LogP contribution in [0.5, 0.6) is 0 Å². The van der Waals surface area contributed by atoms with Gasteiger partial charge in [-0.25, -0.2) is 14.8 Å². The highest BCUT2D eigenvalue weighted by Crippen LogP contribution is 2.35. The largest absolute Gasteiger partial charge is 0.465 e. The van der Waals surface area contributed by atoms with Gasteiger partial charge < -0.3 is 19.9 Å². The number of halogens is 2. The fourth-order valence-electron chi connectivity index (χ4n) is 3.78. The van der Waals surface area contributed by atoms with Crippen molar-refractivity contribution in [3.05, 3.63) is 32.1 Å². The van der Waals surface area contributed by atoms with Crippen LogP contribution in [0.25, 0.3) is 11.5 Å². The number of aromatic nitrogens is 5. The van der Waals surface area contributed by atoms with Gasteiger partial charge in [0.05, 0.1) is 17.2 Å². The van der Waals surface area contributed by atoms with E-state index in [1.165, 1.54) is 18.4 Å². The first-order chi connectivity index (χ1) is 15.7. The first-order valence-corrected chi connectivity index (χ1v) is 11.8. The van der Waals surface area contributed by atoms with Gasteiger partial charge in [-0.05, 0) is 26.2 Å². The summed E-state index contributed by atoms with van der Waals surface area (Å²) in [5.41, 5.74) is 1.31. The van der Waals surface area contributed by atoms with E-state index in [0.29, 0.717) is 57.6 Å². The maximum Gasteiger partial charge on any atom is 0.350 e. The summed E-state index contributed by atoms with van der Waals surface area (Å²) in [5, 5.41) is 11.2. The molecule has 3 N–H and O–H groups in total. The van der Waals surface area contributed by atoms with Gasteiger partial charge in [-0.3, -0.25) is 9.89 Å². The number of aromatic amines is 2. The lowest BCUT2D eigenvalue weighted by atomic mass is 9.94. The molecule has 10 nitrogen and oxygen atoms in total. The van der Waals surface area contributed by atoms with Crippen molar-refractivity contribution in [2.75, 3.05) is 25.1 Å². The molecule has 4 rings (SSSR count). The van der Waals surface area contributed by atoms with Gasteiger partial charge in [0.25, 0.3) is 5.91 Å². The van der Waals surface area contributed by atoms with Crippen LogP contribution in [-0.2, 0) is 4.74 Å². The smallest absolute Gasteiger partial charge is 0.350 e. The van der Waals surface area contributed by atoms with Crippen molar-refractivity contribution in [3.8, 4) is 11.5 Å². The van der Waals surface area contributed by atoms with Gasteiger partial charge in [0.1, 0.15) is 22.1 Å². The molecular weight excluding hydrogens is 489 g/mol. The first-order valence-electron chi connectivity index (χ1n) is 10.3. The van der Waals surface area contributed by atoms with E-state index in [9.17, 15) is 9.59 Å². The van der Waals surface area contributed by atoms with Gasteiger partial charge in [-0.15, -0.1) is 0 Å². The fourth-order valence-corrected chi connectivity index (χ4v) is 5.21. The number of anilines is 1. The monoisotopic (exact) mass is 511 g/mol. The number of methoxy groups -OCH3 is 1. The van der Waals surface area contributed by atoms with E-state index in [1.54, 1.807) is 13.8 Å². The normalized spacial score (nSPS) is 18.4. The Bertz CT molecular complexity index is 1200. The predicted octanol–water partition coefficient (Wildman–Crippen LogP) is 3.61. The van der Waals surface area contributed by atoms with Crippen LogP contribution in [-0.4, -0.2) is 63.3 Å². The van der Waals surface area contributed by atoms with Crippen molar-refractivity contribution >= 4 is 51.5 Å². The van der Waals surface area contributed by atoms with Crippen LogP contribution in [0.2, 0.25) is 10.0 Å². The van der Waals surface area contributed by atoms with E-state index < -0.39 is 5.97 Å². The Balaban J connectivity index is 1.49. The SMILES string of the molecule is COC(=O)c1sc(N2CC[C@@H](NC(=O)c3[nH]c(C)c(Cl)c3Cl)[C@@H](C)C2)nc1-c1n[nH]c(C)n1. The molecule has 1 amide bonds. The number of carbonyl (C=O) groups excluding carboxylic acids is 2. The van der Waals surface area contributed by atoms with Crippen molar-refractivity contribution in [2.45, 2.75) is 33.2 Å². The second-order valence-electron chi connectivity index (χ2n) is 7.96. The van der Waals surface area contributed by atoms with Gasteiger partial charge in [-0.2, -0.15) is 5.10 Å². The molecule has 0 radical (unpaired) electrons. The van der Waals surface area contributed by atoms with E-state index >= 15 is 0 Å². The Morgan fingerprint density at radius 1 is 1.24 bits per heavy atom. The molecule has 0 spiro atoms. The van der Waals surface area contributed by atoms with Gasteiger partial charge >= 0.3 is 5.97 Å². The quantitative estimate of drug-likeness (QED) is 0.446. The van der Waals surface area contributed by atoms with Gasteiger partial charge in [0.2, 0.25) is 5.82 Å². The molecule has 176 valence electrons. The summed E-state index contributed by atoms with van der Waals surface area (Å²) in [6.07, 6.45) is 0.695. The highest BCUT2D eigenvalue weighted by molar-refractivity contribution is 7.17. The Morgan fingerprint density at radius 2 is 2.00 bits per heavy atom. The zero-order valence-corrected chi connectivity index (χ0v) is 20.8. The lowest BCUT2D eigenvalue weighted by Crippen LogP contribution is -2.50. The predicted molar refractivity (Wildman–Crippen MR) is 126 cm³/mol. The van der Waals surface area contributed by atoms with Crippen molar-refractivity contribution in [2.24, 2.45) is 5.92 Å². The summed E-state index contributed by atoms with van der Waals surface area (Å²) in [4.78, 5) is 39.4. The number of thiazole rings is 1. The number of ether oxygens (including phenoxy) is 1. The lowest BCUT2D eigenvalue weighted by molar-refractivity contribution is 0.0606. The number of H-pyrrole nitrogens is 2. The number of nitrogens with zero attached hydrogens (tertiary/aromatic N) is 4. The number of carbonyl (C=O) groups is 2. The molecule has 1 aliphatic rings. The maximum absolute atomic E-state index is 12.7. The molecule has 2 atom stereocenters. The summed E-state index contributed by atoms with van der Waals surface area (Å²) >= 11 is 13.5. The molecule has 0 unspecified atom stereocenters. The standard InChI is InChI=1S/C20H23Cl2N7O3S/c1-8-7-29(6-5-11(8)25-18(30)14-13(22)12(21)9(2)23-14)20-26-15(16(33-20)19(31)32-4)17-24-10(3)27-28-17/h8,11,23H,5-7H2,1-4H3,(H,25,30)(H,24,27,28)/t8-,11+/m0/s1. The lowest BCUT2D eigenvalue weighted by Gasteiger charge is -2.37. The average Bonchev–Trinajstić information content (AvgIpc) is 3.49. The molecule has 0 aromatic carbocycles. The summed E-state index contributed by atoms with van der Waals surface area (Å²) in [6, 6.07) is -0.0534. The van der Waals surface area contributed by atoms with E-state index in [0.717, 1.165) is 0 Å². The maximum atomic E-state index is 12.7. The number of nitrogens with one attached hydrogen (secondary N) is 3. The number of esters is 1. The minimum Gasteiger partial charge on any atom is -0.465 e. The molecule has 0 bridgehead atoms. The molecule has 4 heterocycles. The van der Waals surface area contributed by atoms with Crippen LogP contribution in [0.3, 0.4) is 0 Å². The Labute approximate surface area is 204 Å². The first kappa shape index (κ1) is 23.5. The van der Waals surface area contributed by atoms with E-state index in [2.05, 4.69) is 42.3 Å². The van der Waals surface area contributed by atoms with Crippen LogP contribution in [0.15, 0.2) is 0 Å². The molecule has 3 aromatic rings. The van der Waals surface area contributed by atoms with Crippen molar-refractivity contribution < 1.29 is 14.3 Å². The molecular formula is C20H23Cl2N7O3S. The number of hydrogen-bond acceptors (Lipinski definition) is 8. The van der Waals surface area contributed by atoms with Crippen molar-refractivity contribution in [1.82, 2.24) is 30.5 Å². The van der Waals surface area contributed by atoms with Crippen LogP contribution in [0.1, 0.15) is 45.0 Å². The summed E-state index contributed by atoms with van der Waals surface area (Å²) < 4.78 is 4.93. The van der Waals surface area contributed by atoms with Crippen LogP contribution < -0.4 is 10.2 Å². The average molecular weight is 512 g/mol. The molecule has 1 saturated heterocycles. The summed E-state index contributed by atoms with van der Waals surface area (Å²) in [7, 11) is 1.33. The van der Waals surface area contributed by atoms with Crippen LogP contribution >= 0.6 is 34.5 Å². The van der Waals surface area contributed by atoms with Crippen LogP contribution in [0.4, 0.5) is 5.13 Å². The Hall–Kier alpha value is -2.63. The van der Waals surface area contributed by atoms with E-state index in [-0.39, 0.29) is 28.6 Å². The molecule has 0 aliphatic carbocycles. The topological polar surface area (TPSA) is 129 Å². The molecule has 0 saturated carbocycles. The van der Waals surface area contributed by atoms with Crippen LogP contribution in [0, 0.1) is 19.8 Å². The number of hydrogen-bond donors (Lipinski definition) is 3. The number of amides is 1. The second kappa shape index (κ2) is 9.32. The Kier molecular flexibility index (Phi) is 6.64. The van der Waals surface area contributed by atoms with Gasteiger partial charge in [0.15, 0.2) is 5.13 Å². The molecule has 1 fully saturated rings. The van der Waals surface area contributed by atoms with Crippen molar-refractivity contribution in [1.29, 1.82) is 0 Å². The fraction of sp³-hybridized carbons (Fsp3) is 0.450. The number of rotatable bonds is 5. The third kappa shape index (κ3) is 4.57. The zero-order chi connectivity index (χ0) is 23.9. The highest BCUT2D eigenvalue weighted by Gasteiger charge is 2.32. The number of aryl methyl sites for hydroxylation is 2. The van der Waals surface area contributed by atoms with Crippen molar-refractivity contribution in [3.63, 3.8) is 0 Å². The Morgan fingerprint density at radius 3 is 2.58 bits per heavy atom. The van der Waals surface area contributed by atoms with E-state index in [4.69, 9.17) is 27.9 Å². The second-order valence-corrected chi connectivity index (χ2v) is 9.69.